The number of aromatic nitrogens is 4. The van der Waals surface area contributed by atoms with Crippen molar-refractivity contribution < 1.29 is 9.53 Å². The molecule has 0 atom stereocenters. The van der Waals surface area contributed by atoms with Crippen LogP contribution in [0.25, 0.3) is 10.7 Å². The number of amides is 1. The van der Waals surface area contributed by atoms with Crippen LogP contribution in [-0.2, 0) is 11.3 Å². The number of nitrogens with one attached hydrogen (secondary N) is 2. The van der Waals surface area contributed by atoms with Crippen LogP contribution in [0, 0.1) is 18.6 Å². The highest BCUT2D eigenvalue weighted by molar-refractivity contribution is 7.71. The zero-order valence-electron chi connectivity index (χ0n) is 17.5. The molecule has 0 aliphatic heterocycles. The SMILES string of the molecule is C=CCn1c(-c2sc(NC(=O)COc3cc(C(C)C)ccc3C)nc2C)n[nH]c1=S. The maximum Gasteiger partial charge on any atom is 0.264 e. The number of nitrogens with zero attached hydrogens (tertiary/aromatic N) is 3. The molecule has 9 heteroatoms. The molecule has 0 fully saturated rings. The lowest BCUT2D eigenvalue weighted by Crippen LogP contribution is -2.20. The molecule has 1 aromatic carbocycles. The highest BCUT2D eigenvalue weighted by Gasteiger charge is 2.17. The molecule has 158 valence electrons. The van der Waals surface area contributed by atoms with Crippen LogP contribution in [0.1, 0.15) is 36.6 Å². The van der Waals surface area contributed by atoms with Crippen molar-refractivity contribution in [3.05, 3.63) is 52.4 Å². The Kier molecular flexibility index (Phi) is 6.84. The number of thiazole rings is 1. The molecule has 0 saturated heterocycles. The fourth-order valence-corrected chi connectivity index (χ4v) is 4.06. The summed E-state index contributed by atoms with van der Waals surface area (Å²) in [6.45, 7) is 12.3. The molecule has 2 aromatic heterocycles. The van der Waals surface area contributed by atoms with Crippen molar-refractivity contribution in [2.45, 2.75) is 40.2 Å². The lowest BCUT2D eigenvalue weighted by molar-refractivity contribution is -0.118. The molecule has 0 aliphatic carbocycles. The number of allylic oxidation sites excluding steroid dienone is 1. The third-order valence-corrected chi connectivity index (χ3v) is 5.93. The Hall–Kier alpha value is -2.78. The number of anilines is 1. The van der Waals surface area contributed by atoms with Gasteiger partial charge in [0.15, 0.2) is 22.3 Å². The van der Waals surface area contributed by atoms with E-state index in [4.69, 9.17) is 17.0 Å². The fraction of sp³-hybridized carbons (Fsp3) is 0.333. The number of hydrogen-bond acceptors (Lipinski definition) is 6. The second-order valence-corrected chi connectivity index (χ2v) is 8.59. The van der Waals surface area contributed by atoms with Crippen LogP contribution in [0.2, 0.25) is 0 Å². The van der Waals surface area contributed by atoms with Gasteiger partial charge in [0.05, 0.1) is 10.6 Å². The number of ether oxygens (including phenoxy) is 1. The maximum atomic E-state index is 12.4. The normalized spacial score (nSPS) is 11.0. The zero-order chi connectivity index (χ0) is 21.8. The van der Waals surface area contributed by atoms with Crippen LogP contribution >= 0.6 is 23.6 Å². The smallest absolute Gasteiger partial charge is 0.264 e. The molecule has 2 heterocycles. The summed E-state index contributed by atoms with van der Waals surface area (Å²) in [6.07, 6.45) is 1.75. The fourth-order valence-electron chi connectivity index (χ4n) is 2.88. The predicted octanol–water partition coefficient (Wildman–Crippen LogP) is 5.01. The van der Waals surface area contributed by atoms with E-state index in [0.29, 0.717) is 33.9 Å². The van der Waals surface area contributed by atoms with Gasteiger partial charge in [0, 0.05) is 6.54 Å². The third-order valence-electron chi connectivity index (χ3n) is 4.55. The van der Waals surface area contributed by atoms with Crippen molar-refractivity contribution in [3.8, 4) is 16.5 Å². The minimum absolute atomic E-state index is 0.0917. The first-order valence-corrected chi connectivity index (χ1v) is 10.8. The molecule has 30 heavy (non-hydrogen) atoms. The first-order valence-electron chi connectivity index (χ1n) is 9.57. The lowest BCUT2D eigenvalue weighted by atomic mass is 10.0. The van der Waals surface area contributed by atoms with Gasteiger partial charge in [-0.1, -0.05) is 43.4 Å². The number of carbonyl (C=O) groups is 1. The Balaban J connectivity index is 1.70. The molecule has 0 aliphatic rings. The Morgan fingerprint density at radius 1 is 1.43 bits per heavy atom. The highest BCUT2D eigenvalue weighted by atomic mass is 32.1. The van der Waals surface area contributed by atoms with Gasteiger partial charge in [0.25, 0.3) is 5.91 Å². The van der Waals surface area contributed by atoms with E-state index in [-0.39, 0.29) is 12.5 Å². The van der Waals surface area contributed by atoms with Gasteiger partial charge in [-0.3, -0.25) is 19.8 Å². The van der Waals surface area contributed by atoms with Gasteiger partial charge in [-0.05, 0) is 49.2 Å². The molecule has 3 rings (SSSR count). The number of rotatable bonds is 8. The first kappa shape index (κ1) is 21.9. The van der Waals surface area contributed by atoms with Crippen molar-refractivity contribution in [2.24, 2.45) is 0 Å². The second kappa shape index (κ2) is 9.36. The zero-order valence-corrected chi connectivity index (χ0v) is 19.1. The topological polar surface area (TPSA) is 84.8 Å². The Labute approximate surface area is 184 Å². The van der Waals surface area contributed by atoms with Crippen molar-refractivity contribution in [1.29, 1.82) is 0 Å². The average molecular weight is 444 g/mol. The van der Waals surface area contributed by atoms with Gasteiger partial charge in [-0.25, -0.2) is 4.98 Å². The molecular weight excluding hydrogens is 418 g/mol. The molecule has 0 bridgehead atoms. The number of benzene rings is 1. The van der Waals surface area contributed by atoms with Crippen molar-refractivity contribution in [2.75, 3.05) is 11.9 Å². The van der Waals surface area contributed by atoms with Crippen LogP contribution in [0.3, 0.4) is 0 Å². The summed E-state index contributed by atoms with van der Waals surface area (Å²) in [5.74, 6) is 1.51. The van der Waals surface area contributed by atoms with E-state index in [0.717, 1.165) is 16.1 Å². The van der Waals surface area contributed by atoms with Crippen molar-refractivity contribution in [1.82, 2.24) is 19.7 Å². The maximum absolute atomic E-state index is 12.4. The summed E-state index contributed by atoms with van der Waals surface area (Å²) in [4.78, 5) is 17.7. The van der Waals surface area contributed by atoms with E-state index >= 15 is 0 Å². The molecule has 0 radical (unpaired) electrons. The van der Waals surface area contributed by atoms with Crippen molar-refractivity contribution >= 4 is 34.6 Å². The monoisotopic (exact) mass is 443 g/mol. The first-order chi connectivity index (χ1) is 14.3. The average Bonchev–Trinajstić information content (AvgIpc) is 3.23. The van der Waals surface area contributed by atoms with Crippen LogP contribution in [-0.4, -0.2) is 32.3 Å². The molecule has 0 spiro atoms. The molecule has 1 amide bonds. The molecule has 0 saturated carbocycles. The quantitative estimate of drug-likeness (QED) is 0.378. The van der Waals surface area contributed by atoms with E-state index in [2.05, 4.69) is 47.0 Å². The van der Waals surface area contributed by atoms with Gasteiger partial charge in [0.1, 0.15) is 5.75 Å². The minimum atomic E-state index is -0.269. The predicted molar refractivity (Wildman–Crippen MR) is 123 cm³/mol. The van der Waals surface area contributed by atoms with E-state index < -0.39 is 0 Å². The van der Waals surface area contributed by atoms with E-state index in [1.807, 2.05) is 30.5 Å². The molecule has 2 N–H and O–H groups in total. The van der Waals surface area contributed by atoms with E-state index in [1.165, 1.54) is 16.9 Å². The standard InChI is InChI=1S/C21H25N5O2S2/c1-6-9-26-19(24-25-21(26)29)18-14(5)22-20(30-18)23-17(27)11-28-16-10-15(12(2)3)8-7-13(16)4/h6-8,10,12H,1,9,11H2,2-5H3,(H,25,29)(H,22,23,27). The Morgan fingerprint density at radius 2 is 2.20 bits per heavy atom. The second-order valence-electron chi connectivity index (χ2n) is 7.20. The van der Waals surface area contributed by atoms with Gasteiger partial charge in [-0.2, -0.15) is 5.10 Å². The summed E-state index contributed by atoms with van der Waals surface area (Å²) in [6, 6.07) is 6.07. The van der Waals surface area contributed by atoms with Crippen LogP contribution in [0.5, 0.6) is 5.75 Å². The van der Waals surface area contributed by atoms with Gasteiger partial charge < -0.3 is 4.74 Å². The number of hydrogen-bond donors (Lipinski definition) is 2. The van der Waals surface area contributed by atoms with Gasteiger partial charge >= 0.3 is 0 Å². The molecule has 3 aromatic rings. The van der Waals surface area contributed by atoms with Gasteiger partial charge in [-0.15, -0.1) is 6.58 Å². The molecule has 0 unspecified atom stereocenters. The van der Waals surface area contributed by atoms with Crippen LogP contribution < -0.4 is 10.1 Å². The van der Waals surface area contributed by atoms with Crippen LogP contribution in [0.4, 0.5) is 5.13 Å². The number of aromatic amines is 1. The summed E-state index contributed by atoms with van der Waals surface area (Å²) >= 11 is 6.61. The molecule has 7 nitrogen and oxygen atoms in total. The van der Waals surface area contributed by atoms with Crippen LogP contribution in [0.15, 0.2) is 30.9 Å². The Bertz CT molecular complexity index is 1130. The summed E-state index contributed by atoms with van der Waals surface area (Å²) < 4.78 is 8.10. The van der Waals surface area contributed by atoms with Gasteiger partial charge in [0.2, 0.25) is 0 Å². The summed E-state index contributed by atoms with van der Waals surface area (Å²) in [7, 11) is 0. The summed E-state index contributed by atoms with van der Waals surface area (Å²) in [5, 5.41) is 10.4. The van der Waals surface area contributed by atoms with E-state index in [9.17, 15) is 4.79 Å². The molecular formula is C21H25N5O2S2. The lowest BCUT2D eigenvalue weighted by Gasteiger charge is -2.12. The largest absolute Gasteiger partial charge is 0.483 e. The highest BCUT2D eigenvalue weighted by Crippen LogP contribution is 2.31. The van der Waals surface area contributed by atoms with E-state index in [1.54, 1.807) is 6.08 Å². The number of aryl methyl sites for hydroxylation is 2. The Morgan fingerprint density at radius 3 is 2.90 bits per heavy atom. The minimum Gasteiger partial charge on any atom is -0.483 e. The van der Waals surface area contributed by atoms with Crippen molar-refractivity contribution in [3.63, 3.8) is 0 Å². The number of carbonyl (C=O) groups excluding carboxylic acids is 1. The summed E-state index contributed by atoms with van der Waals surface area (Å²) in [5.41, 5.74) is 2.92. The third kappa shape index (κ3) is 4.85. The number of H-pyrrole nitrogens is 1.